The quantitative estimate of drug-likeness (QED) is 0.587. The van der Waals surface area contributed by atoms with Gasteiger partial charge in [-0.05, 0) is 24.8 Å². The number of non-ortho nitro benzene ring substituents is 1. The first-order valence-corrected chi connectivity index (χ1v) is 5.11. The molecular weight excluding hydrogens is 218 g/mol. The van der Waals surface area contributed by atoms with Gasteiger partial charge in [0.05, 0.1) is 22.6 Å². The highest BCUT2D eigenvalue weighted by Gasteiger charge is 2.22. The number of benzene rings is 1. The molecule has 0 saturated heterocycles. The lowest BCUT2D eigenvalue weighted by molar-refractivity contribution is -0.384. The van der Waals surface area contributed by atoms with Gasteiger partial charge < -0.3 is 4.74 Å². The second kappa shape index (κ2) is 4.06. The van der Waals surface area contributed by atoms with Gasteiger partial charge in [-0.1, -0.05) is 11.6 Å². The van der Waals surface area contributed by atoms with Crippen LogP contribution in [0.15, 0.2) is 18.2 Å². The Morgan fingerprint density at radius 2 is 2.20 bits per heavy atom. The summed E-state index contributed by atoms with van der Waals surface area (Å²) in [6, 6.07) is 4.30. The van der Waals surface area contributed by atoms with Gasteiger partial charge in [-0.15, -0.1) is 0 Å². The zero-order valence-electron chi connectivity index (χ0n) is 7.98. The molecule has 0 heterocycles. The molecule has 0 unspecified atom stereocenters. The Labute approximate surface area is 92.0 Å². The van der Waals surface area contributed by atoms with Crippen molar-refractivity contribution in [3.8, 4) is 5.75 Å². The van der Waals surface area contributed by atoms with E-state index in [4.69, 9.17) is 16.3 Å². The molecule has 1 aliphatic carbocycles. The van der Waals surface area contributed by atoms with Crippen LogP contribution in [-0.2, 0) is 0 Å². The predicted molar refractivity (Wildman–Crippen MR) is 56.3 cm³/mol. The van der Waals surface area contributed by atoms with Crippen molar-refractivity contribution < 1.29 is 9.66 Å². The molecule has 1 aromatic rings. The fourth-order valence-electron chi connectivity index (χ4n) is 1.24. The third-order valence-corrected chi connectivity index (χ3v) is 2.47. The number of nitro benzene ring substituents is 1. The minimum absolute atomic E-state index is 0.0340. The third kappa shape index (κ3) is 2.83. The second-order valence-corrected chi connectivity index (χ2v) is 4.09. The Morgan fingerprint density at radius 1 is 1.47 bits per heavy atom. The molecule has 0 aromatic heterocycles. The first-order valence-electron chi connectivity index (χ1n) is 4.73. The molecule has 0 radical (unpaired) electrons. The van der Waals surface area contributed by atoms with Gasteiger partial charge in [-0.3, -0.25) is 10.1 Å². The summed E-state index contributed by atoms with van der Waals surface area (Å²) in [5.41, 5.74) is -0.0340. The molecule has 5 heteroatoms. The summed E-state index contributed by atoms with van der Waals surface area (Å²) in [6.45, 7) is 0.623. The molecule has 15 heavy (non-hydrogen) atoms. The van der Waals surface area contributed by atoms with Crippen molar-refractivity contribution in [2.75, 3.05) is 6.61 Å². The molecule has 4 nitrogen and oxygen atoms in total. The maximum absolute atomic E-state index is 10.5. The number of rotatable bonds is 4. The highest BCUT2D eigenvalue weighted by atomic mass is 35.5. The van der Waals surface area contributed by atoms with Gasteiger partial charge in [0.1, 0.15) is 5.75 Å². The van der Waals surface area contributed by atoms with E-state index in [1.165, 1.54) is 25.0 Å². The van der Waals surface area contributed by atoms with Gasteiger partial charge in [0, 0.05) is 6.07 Å². The molecule has 1 fully saturated rings. The highest BCUT2D eigenvalue weighted by molar-refractivity contribution is 6.30. The van der Waals surface area contributed by atoms with Crippen molar-refractivity contribution in [1.82, 2.24) is 0 Å². The van der Waals surface area contributed by atoms with Crippen LogP contribution < -0.4 is 4.74 Å². The van der Waals surface area contributed by atoms with Crippen molar-refractivity contribution in [1.29, 1.82) is 0 Å². The van der Waals surface area contributed by atoms with Crippen LogP contribution in [-0.4, -0.2) is 11.5 Å². The Morgan fingerprint density at radius 3 is 2.80 bits per heavy atom. The Bertz CT molecular complexity index is 390. The van der Waals surface area contributed by atoms with Gasteiger partial charge in [0.2, 0.25) is 0 Å². The predicted octanol–water partition coefficient (Wildman–Crippen LogP) is 3.04. The zero-order chi connectivity index (χ0) is 10.8. The van der Waals surface area contributed by atoms with E-state index in [0.29, 0.717) is 23.3 Å². The van der Waals surface area contributed by atoms with Gasteiger partial charge in [-0.2, -0.15) is 0 Å². The standard InChI is InChI=1S/C10H10ClNO3/c11-8-3-9(12(13)14)5-10(4-8)15-6-7-1-2-7/h3-5,7H,1-2,6H2. The van der Waals surface area contributed by atoms with E-state index < -0.39 is 4.92 Å². The lowest BCUT2D eigenvalue weighted by atomic mass is 10.3. The molecule has 0 atom stereocenters. The van der Waals surface area contributed by atoms with Crippen LogP contribution in [0.25, 0.3) is 0 Å². The highest BCUT2D eigenvalue weighted by Crippen LogP contribution is 2.31. The molecule has 0 N–H and O–H groups in total. The number of halogens is 1. The minimum Gasteiger partial charge on any atom is -0.493 e. The molecule has 0 spiro atoms. The van der Waals surface area contributed by atoms with Crippen molar-refractivity contribution >= 4 is 17.3 Å². The maximum atomic E-state index is 10.5. The monoisotopic (exact) mass is 227 g/mol. The summed E-state index contributed by atoms with van der Waals surface area (Å²) in [4.78, 5) is 10.1. The van der Waals surface area contributed by atoms with Crippen LogP contribution in [0.2, 0.25) is 5.02 Å². The van der Waals surface area contributed by atoms with E-state index in [1.807, 2.05) is 0 Å². The molecule has 2 rings (SSSR count). The summed E-state index contributed by atoms with van der Waals surface area (Å²) in [6.07, 6.45) is 2.37. The van der Waals surface area contributed by atoms with Crippen molar-refractivity contribution in [2.24, 2.45) is 5.92 Å². The van der Waals surface area contributed by atoms with E-state index in [9.17, 15) is 10.1 Å². The van der Waals surface area contributed by atoms with Gasteiger partial charge in [0.25, 0.3) is 5.69 Å². The van der Waals surface area contributed by atoms with Crippen LogP contribution >= 0.6 is 11.6 Å². The number of nitro groups is 1. The molecule has 1 saturated carbocycles. The SMILES string of the molecule is O=[N+]([O-])c1cc(Cl)cc(OCC2CC2)c1. The normalized spacial score (nSPS) is 15.0. The van der Waals surface area contributed by atoms with Crippen molar-refractivity contribution in [2.45, 2.75) is 12.8 Å². The van der Waals surface area contributed by atoms with Crippen LogP contribution in [0.5, 0.6) is 5.75 Å². The van der Waals surface area contributed by atoms with Crippen molar-refractivity contribution in [3.63, 3.8) is 0 Å². The average Bonchev–Trinajstić information content (AvgIpc) is 2.97. The molecule has 1 aromatic carbocycles. The summed E-state index contributed by atoms with van der Waals surface area (Å²) in [7, 11) is 0. The third-order valence-electron chi connectivity index (χ3n) is 2.25. The van der Waals surface area contributed by atoms with Crippen LogP contribution in [0.4, 0.5) is 5.69 Å². The molecule has 80 valence electrons. The van der Waals surface area contributed by atoms with Gasteiger partial charge in [0.15, 0.2) is 0 Å². The first kappa shape index (κ1) is 10.2. The van der Waals surface area contributed by atoms with Gasteiger partial charge >= 0.3 is 0 Å². The second-order valence-electron chi connectivity index (χ2n) is 3.66. The smallest absolute Gasteiger partial charge is 0.274 e. The zero-order valence-corrected chi connectivity index (χ0v) is 8.74. The number of hydrogen-bond donors (Lipinski definition) is 0. The fraction of sp³-hybridized carbons (Fsp3) is 0.400. The van der Waals surface area contributed by atoms with E-state index in [-0.39, 0.29) is 5.69 Å². The summed E-state index contributed by atoms with van der Waals surface area (Å²) < 4.78 is 5.41. The summed E-state index contributed by atoms with van der Waals surface area (Å²) >= 11 is 5.74. The number of ether oxygens (including phenoxy) is 1. The van der Waals surface area contributed by atoms with E-state index in [1.54, 1.807) is 6.07 Å². The lowest BCUT2D eigenvalue weighted by Gasteiger charge is -2.05. The Kier molecular flexibility index (Phi) is 2.77. The topological polar surface area (TPSA) is 52.4 Å². The van der Waals surface area contributed by atoms with E-state index in [0.717, 1.165) is 0 Å². The maximum Gasteiger partial charge on any atom is 0.274 e. The summed E-state index contributed by atoms with van der Waals surface area (Å²) in [5.74, 6) is 1.09. The number of hydrogen-bond acceptors (Lipinski definition) is 3. The molecule has 1 aliphatic rings. The largest absolute Gasteiger partial charge is 0.493 e. The molecule has 0 aliphatic heterocycles. The van der Waals surface area contributed by atoms with Crippen LogP contribution in [0.3, 0.4) is 0 Å². The van der Waals surface area contributed by atoms with Gasteiger partial charge in [-0.25, -0.2) is 0 Å². The molecule has 0 bridgehead atoms. The Balaban J connectivity index is 2.10. The average molecular weight is 228 g/mol. The lowest BCUT2D eigenvalue weighted by Crippen LogP contribution is -1.99. The molecular formula is C10H10ClNO3. The van der Waals surface area contributed by atoms with E-state index in [2.05, 4.69) is 0 Å². The van der Waals surface area contributed by atoms with E-state index >= 15 is 0 Å². The Hall–Kier alpha value is -1.29. The minimum atomic E-state index is -0.476. The fourth-order valence-corrected chi connectivity index (χ4v) is 1.45. The van der Waals surface area contributed by atoms with Crippen LogP contribution in [0, 0.1) is 16.0 Å². The molecule has 0 amide bonds. The number of nitrogens with zero attached hydrogens (tertiary/aromatic N) is 1. The van der Waals surface area contributed by atoms with Crippen LogP contribution in [0.1, 0.15) is 12.8 Å². The first-order chi connectivity index (χ1) is 7.15. The summed E-state index contributed by atoms with van der Waals surface area (Å²) in [5, 5.41) is 10.9. The van der Waals surface area contributed by atoms with Crippen molar-refractivity contribution in [3.05, 3.63) is 33.3 Å².